The maximum absolute atomic E-state index is 7.08. The molecule has 0 radical (unpaired) electrons. The van der Waals surface area contributed by atoms with Crippen molar-refractivity contribution in [2.45, 2.75) is 75.4 Å². The summed E-state index contributed by atoms with van der Waals surface area (Å²) < 4.78 is 0. The second-order valence-electron chi connectivity index (χ2n) is 5.24. The van der Waals surface area contributed by atoms with Crippen LogP contribution in [0.5, 0.6) is 0 Å². The summed E-state index contributed by atoms with van der Waals surface area (Å²) in [5, 5.41) is 0. The van der Waals surface area contributed by atoms with Crippen LogP contribution in [-0.4, -0.2) is 7.38 Å². The lowest BCUT2D eigenvalue weighted by atomic mass is 10.3. The first kappa shape index (κ1) is 11.0. The summed E-state index contributed by atoms with van der Waals surface area (Å²) >= 11 is 7.08. The van der Waals surface area contributed by atoms with Crippen LogP contribution < -0.4 is 0 Å². The highest BCUT2D eigenvalue weighted by molar-refractivity contribution is 7.21. The molecule has 2 rings (SSSR count). The standard InChI is InChI=1S/C12H23ClSi/c1-2-14(13,11-7-3-4-8-11)12-9-5-6-10-12/h11-12H,2-10H2,1H3. The SMILES string of the molecule is CC[Si](Cl)(C1CCCC1)C1CCCC1. The lowest BCUT2D eigenvalue weighted by Gasteiger charge is -2.35. The zero-order valence-corrected chi connectivity index (χ0v) is 11.2. The van der Waals surface area contributed by atoms with E-state index < -0.39 is 7.38 Å². The Balaban J connectivity index is 2.06. The van der Waals surface area contributed by atoms with Crippen molar-refractivity contribution in [3.05, 3.63) is 0 Å². The molecule has 2 fully saturated rings. The quantitative estimate of drug-likeness (QED) is 0.469. The molecule has 0 N–H and O–H groups in total. The van der Waals surface area contributed by atoms with Gasteiger partial charge >= 0.3 is 0 Å². The third-order valence-electron chi connectivity index (χ3n) is 4.61. The molecule has 0 aromatic carbocycles. The van der Waals surface area contributed by atoms with Gasteiger partial charge in [-0.2, -0.15) is 11.1 Å². The van der Waals surface area contributed by atoms with Gasteiger partial charge in [0, 0.05) is 0 Å². The normalized spacial score (nSPS) is 26.1. The molecule has 0 bridgehead atoms. The number of hydrogen-bond donors (Lipinski definition) is 0. The van der Waals surface area contributed by atoms with Crippen molar-refractivity contribution in [3.8, 4) is 0 Å². The third kappa shape index (κ3) is 1.90. The van der Waals surface area contributed by atoms with E-state index in [1.54, 1.807) is 0 Å². The molecule has 82 valence electrons. The molecule has 0 unspecified atom stereocenters. The molecule has 0 nitrogen and oxygen atoms in total. The van der Waals surface area contributed by atoms with Crippen molar-refractivity contribution in [3.63, 3.8) is 0 Å². The summed E-state index contributed by atoms with van der Waals surface area (Å²) in [6.45, 7) is 2.36. The number of rotatable bonds is 3. The van der Waals surface area contributed by atoms with Crippen LogP contribution in [0.25, 0.3) is 0 Å². The minimum Gasteiger partial charge on any atom is -0.166 e. The Hall–Kier alpha value is 0.507. The van der Waals surface area contributed by atoms with Gasteiger partial charge < -0.3 is 0 Å². The van der Waals surface area contributed by atoms with Gasteiger partial charge in [-0.25, -0.2) is 0 Å². The van der Waals surface area contributed by atoms with Gasteiger partial charge in [-0.3, -0.25) is 0 Å². The molecule has 0 spiro atoms. The van der Waals surface area contributed by atoms with Gasteiger partial charge in [0.05, 0.1) is 0 Å². The van der Waals surface area contributed by atoms with Gasteiger partial charge in [-0.15, -0.1) is 0 Å². The fourth-order valence-corrected chi connectivity index (χ4v) is 9.59. The molecular weight excluding hydrogens is 208 g/mol. The lowest BCUT2D eigenvalue weighted by molar-refractivity contribution is 0.757. The number of halogens is 1. The second-order valence-corrected chi connectivity index (χ2v) is 11.5. The van der Waals surface area contributed by atoms with E-state index in [0.29, 0.717) is 0 Å². The van der Waals surface area contributed by atoms with E-state index in [0.717, 1.165) is 11.1 Å². The van der Waals surface area contributed by atoms with Gasteiger partial charge in [-0.1, -0.05) is 58.3 Å². The van der Waals surface area contributed by atoms with E-state index in [4.69, 9.17) is 11.1 Å². The molecule has 2 saturated carbocycles. The Morgan fingerprint density at radius 1 is 0.929 bits per heavy atom. The average Bonchev–Trinajstić information content (AvgIpc) is 2.88. The van der Waals surface area contributed by atoms with Crippen molar-refractivity contribution in [1.82, 2.24) is 0 Å². The highest BCUT2D eigenvalue weighted by Crippen LogP contribution is 2.53. The van der Waals surface area contributed by atoms with E-state index in [1.807, 2.05) is 0 Å². The summed E-state index contributed by atoms with van der Waals surface area (Å²) in [6.07, 6.45) is 11.7. The first-order valence-corrected chi connectivity index (χ1v) is 9.83. The molecule has 0 atom stereocenters. The lowest BCUT2D eigenvalue weighted by Crippen LogP contribution is -2.36. The molecule has 0 heterocycles. The maximum atomic E-state index is 7.08. The fourth-order valence-electron chi connectivity index (χ4n) is 3.72. The predicted octanol–water partition coefficient (Wildman–Crippen LogP) is 5.08. The topological polar surface area (TPSA) is 0 Å². The summed E-state index contributed by atoms with van der Waals surface area (Å²) in [7, 11) is -1.39. The molecule has 2 aliphatic rings. The van der Waals surface area contributed by atoms with Crippen molar-refractivity contribution >= 4 is 18.5 Å². The average molecular weight is 231 g/mol. The Morgan fingerprint density at radius 3 is 1.57 bits per heavy atom. The molecule has 2 heteroatoms. The minimum absolute atomic E-state index is 0.970. The smallest absolute Gasteiger partial charge is 0.162 e. The van der Waals surface area contributed by atoms with E-state index in [9.17, 15) is 0 Å². The van der Waals surface area contributed by atoms with E-state index in [2.05, 4.69) is 6.92 Å². The van der Waals surface area contributed by atoms with Crippen LogP contribution in [0.3, 0.4) is 0 Å². The highest BCUT2D eigenvalue weighted by atomic mass is 35.6. The maximum Gasteiger partial charge on any atom is 0.162 e. The predicted molar refractivity (Wildman–Crippen MR) is 66.5 cm³/mol. The van der Waals surface area contributed by atoms with Crippen LogP contribution >= 0.6 is 11.1 Å². The van der Waals surface area contributed by atoms with Crippen molar-refractivity contribution in [2.24, 2.45) is 0 Å². The molecule has 0 aromatic rings. The first-order valence-electron chi connectivity index (χ1n) is 6.46. The van der Waals surface area contributed by atoms with Crippen LogP contribution in [-0.2, 0) is 0 Å². The van der Waals surface area contributed by atoms with Gasteiger partial charge in [0.15, 0.2) is 7.38 Å². The molecule has 14 heavy (non-hydrogen) atoms. The van der Waals surface area contributed by atoms with Crippen LogP contribution in [0, 0.1) is 0 Å². The van der Waals surface area contributed by atoms with Gasteiger partial charge in [0.1, 0.15) is 0 Å². The fraction of sp³-hybridized carbons (Fsp3) is 1.00. The van der Waals surface area contributed by atoms with Gasteiger partial charge in [0.2, 0.25) is 0 Å². The summed E-state index contributed by atoms with van der Waals surface area (Å²) in [4.78, 5) is 0. The molecule has 0 amide bonds. The van der Waals surface area contributed by atoms with Crippen molar-refractivity contribution in [1.29, 1.82) is 0 Å². The van der Waals surface area contributed by atoms with E-state index >= 15 is 0 Å². The van der Waals surface area contributed by atoms with Crippen LogP contribution in [0.15, 0.2) is 0 Å². The zero-order chi connectivity index (χ0) is 10.0. The number of hydrogen-bond acceptors (Lipinski definition) is 0. The van der Waals surface area contributed by atoms with Crippen LogP contribution in [0.1, 0.15) is 58.3 Å². The highest BCUT2D eigenvalue weighted by Gasteiger charge is 2.46. The zero-order valence-electron chi connectivity index (χ0n) is 9.40. The van der Waals surface area contributed by atoms with Gasteiger partial charge in [-0.05, 0) is 17.1 Å². The third-order valence-corrected chi connectivity index (χ3v) is 12.2. The van der Waals surface area contributed by atoms with Crippen LogP contribution in [0.4, 0.5) is 0 Å². The van der Waals surface area contributed by atoms with E-state index in [-0.39, 0.29) is 0 Å². The van der Waals surface area contributed by atoms with Crippen molar-refractivity contribution < 1.29 is 0 Å². The first-order chi connectivity index (χ1) is 6.77. The largest absolute Gasteiger partial charge is 0.166 e. The molecule has 0 aliphatic heterocycles. The Morgan fingerprint density at radius 2 is 1.29 bits per heavy atom. The summed E-state index contributed by atoms with van der Waals surface area (Å²) in [6, 6.07) is 1.32. The van der Waals surface area contributed by atoms with Crippen molar-refractivity contribution in [2.75, 3.05) is 0 Å². The van der Waals surface area contributed by atoms with Crippen LogP contribution in [0.2, 0.25) is 17.1 Å². The monoisotopic (exact) mass is 230 g/mol. The minimum atomic E-state index is -1.39. The molecule has 0 saturated heterocycles. The molecular formula is C12H23ClSi. The van der Waals surface area contributed by atoms with E-state index in [1.165, 1.54) is 57.4 Å². The summed E-state index contributed by atoms with van der Waals surface area (Å²) in [5.41, 5.74) is 1.94. The second kappa shape index (κ2) is 4.57. The Kier molecular flexibility index (Phi) is 3.59. The Labute approximate surface area is 94.1 Å². The Bertz CT molecular complexity index is 165. The molecule has 0 aromatic heterocycles. The summed E-state index contributed by atoms with van der Waals surface area (Å²) in [5.74, 6) is 0. The molecule has 2 aliphatic carbocycles. The van der Waals surface area contributed by atoms with Gasteiger partial charge in [0.25, 0.3) is 0 Å².